The first-order valence-electron chi connectivity index (χ1n) is 11.0. The van der Waals surface area contributed by atoms with Crippen LogP contribution < -0.4 is 9.47 Å². The van der Waals surface area contributed by atoms with Crippen molar-refractivity contribution in [1.82, 2.24) is 4.90 Å². The molecule has 3 atom stereocenters. The third kappa shape index (κ3) is 4.26. The molecule has 1 saturated heterocycles. The number of hydrogen-bond acceptors (Lipinski definition) is 4. The molecule has 1 aliphatic carbocycles. The molecule has 4 heteroatoms. The van der Waals surface area contributed by atoms with Crippen molar-refractivity contribution in [2.45, 2.75) is 43.7 Å². The van der Waals surface area contributed by atoms with Gasteiger partial charge in [-0.05, 0) is 43.0 Å². The number of benzene rings is 2. The summed E-state index contributed by atoms with van der Waals surface area (Å²) in [6.07, 6.45) is 9.48. The number of piperidine rings is 1. The zero-order chi connectivity index (χ0) is 21.0. The SMILES string of the molecule is COc1ccc(OC)c([C@H]2C3CCCCC3(O)CCN2CC=Cc2ccccc2)c1. The number of aliphatic hydroxyl groups is 1. The number of methoxy groups -OCH3 is 2. The summed E-state index contributed by atoms with van der Waals surface area (Å²) in [5.74, 6) is 1.90. The maximum Gasteiger partial charge on any atom is 0.123 e. The second-order valence-corrected chi connectivity index (χ2v) is 8.57. The highest BCUT2D eigenvalue weighted by Crippen LogP contribution is 2.51. The topological polar surface area (TPSA) is 41.9 Å². The van der Waals surface area contributed by atoms with E-state index < -0.39 is 5.60 Å². The van der Waals surface area contributed by atoms with Crippen molar-refractivity contribution in [3.8, 4) is 11.5 Å². The molecule has 1 saturated carbocycles. The summed E-state index contributed by atoms with van der Waals surface area (Å²) in [5.41, 5.74) is 1.74. The van der Waals surface area contributed by atoms with Gasteiger partial charge in [-0.25, -0.2) is 0 Å². The van der Waals surface area contributed by atoms with Gasteiger partial charge in [-0.1, -0.05) is 55.3 Å². The third-order valence-electron chi connectivity index (χ3n) is 6.88. The maximum absolute atomic E-state index is 11.5. The summed E-state index contributed by atoms with van der Waals surface area (Å²) < 4.78 is 11.3. The van der Waals surface area contributed by atoms with Crippen LogP contribution in [0.5, 0.6) is 11.5 Å². The van der Waals surface area contributed by atoms with Crippen LogP contribution in [0.4, 0.5) is 0 Å². The number of likely N-dealkylation sites (tertiary alicyclic amines) is 1. The number of rotatable bonds is 6. The number of fused-ring (bicyclic) bond motifs is 1. The molecule has 1 aliphatic heterocycles. The highest BCUT2D eigenvalue weighted by molar-refractivity contribution is 5.49. The minimum absolute atomic E-state index is 0.106. The lowest BCUT2D eigenvalue weighted by atomic mass is 9.66. The summed E-state index contributed by atoms with van der Waals surface area (Å²) in [6.45, 7) is 1.71. The summed E-state index contributed by atoms with van der Waals surface area (Å²) in [6, 6.07) is 16.5. The van der Waals surface area contributed by atoms with Crippen molar-refractivity contribution in [3.05, 3.63) is 65.7 Å². The largest absolute Gasteiger partial charge is 0.497 e. The van der Waals surface area contributed by atoms with E-state index in [0.29, 0.717) is 0 Å². The van der Waals surface area contributed by atoms with E-state index in [1.54, 1.807) is 14.2 Å². The van der Waals surface area contributed by atoms with Gasteiger partial charge in [0.2, 0.25) is 0 Å². The molecular formula is C26H33NO3. The Morgan fingerprint density at radius 2 is 1.90 bits per heavy atom. The quantitative estimate of drug-likeness (QED) is 0.725. The van der Waals surface area contributed by atoms with E-state index in [-0.39, 0.29) is 12.0 Å². The average Bonchev–Trinajstić information content (AvgIpc) is 2.79. The van der Waals surface area contributed by atoms with Gasteiger partial charge in [0, 0.05) is 30.6 Å². The fourth-order valence-corrected chi connectivity index (χ4v) is 5.32. The van der Waals surface area contributed by atoms with Gasteiger partial charge in [-0.3, -0.25) is 4.90 Å². The van der Waals surface area contributed by atoms with E-state index in [0.717, 1.165) is 55.8 Å². The van der Waals surface area contributed by atoms with Gasteiger partial charge < -0.3 is 14.6 Å². The van der Waals surface area contributed by atoms with E-state index in [1.807, 2.05) is 18.2 Å². The molecule has 0 radical (unpaired) electrons. The van der Waals surface area contributed by atoms with Crippen LogP contribution in [0.3, 0.4) is 0 Å². The minimum atomic E-state index is -0.587. The molecule has 4 nitrogen and oxygen atoms in total. The van der Waals surface area contributed by atoms with E-state index in [2.05, 4.69) is 47.4 Å². The van der Waals surface area contributed by atoms with Gasteiger partial charge in [-0.2, -0.15) is 0 Å². The Kier molecular flexibility index (Phi) is 6.45. The predicted octanol–water partition coefficient (Wildman–Crippen LogP) is 5.09. The van der Waals surface area contributed by atoms with Gasteiger partial charge in [-0.15, -0.1) is 0 Å². The molecule has 2 unspecified atom stereocenters. The third-order valence-corrected chi connectivity index (χ3v) is 6.88. The maximum atomic E-state index is 11.5. The number of hydrogen-bond donors (Lipinski definition) is 1. The Hall–Kier alpha value is -2.30. The molecule has 160 valence electrons. The molecule has 2 aromatic rings. The first-order valence-corrected chi connectivity index (χ1v) is 11.0. The molecule has 0 spiro atoms. The molecule has 30 heavy (non-hydrogen) atoms. The fourth-order valence-electron chi connectivity index (χ4n) is 5.32. The number of nitrogens with zero attached hydrogens (tertiary/aromatic N) is 1. The lowest BCUT2D eigenvalue weighted by Gasteiger charge is -2.52. The van der Waals surface area contributed by atoms with Crippen LogP contribution in [0.1, 0.15) is 49.3 Å². The molecule has 2 aromatic carbocycles. The van der Waals surface area contributed by atoms with Crippen LogP contribution in [-0.4, -0.2) is 42.9 Å². The standard InChI is InChI=1S/C26H33NO3/c1-29-21-13-14-24(30-2)22(19-21)25-23-12-6-7-15-26(23,28)16-18-27(25)17-8-11-20-9-4-3-5-10-20/h3-5,8-11,13-14,19,23,25,28H,6-7,12,15-18H2,1-2H3/t23?,25-,26?/m0/s1. The lowest BCUT2D eigenvalue weighted by Crippen LogP contribution is -2.54. The van der Waals surface area contributed by atoms with Crippen molar-refractivity contribution in [2.24, 2.45) is 5.92 Å². The van der Waals surface area contributed by atoms with Crippen LogP contribution >= 0.6 is 0 Å². The second-order valence-electron chi connectivity index (χ2n) is 8.57. The second kappa shape index (κ2) is 9.23. The van der Waals surface area contributed by atoms with E-state index in [9.17, 15) is 5.11 Å². The Morgan fingerprint density at radius 1 is 1.07 bits per heavy atom. The Labute approximate surface area is 180 Å². The van der Waals surface area contributed by atoms with Gasteiger partial charge in [0.05, 0.1) is 19.8 Å². The summed E-state index contributed by atoms with van der Waals surface area (Å²) in [5, 5.41) is 11.5. The molecular weight excluding hydrogens is 374 g/mol. The van der Waals surface area contributed by atoms with Crippen LogP contribution in [-0.2, 0) is 0 Å². The van der Waals surface area contributed by atoms with Gasteiger partial charge >= 0.3 is 0 Å². The van der Waals surface area contributed by atoms with E-state index in [4.69, 9.17) is 9.47 Å². The fraction of sp³-hybridized carbons (Fsp3) is 0.462. The van der Waals surface area contributed by atoms with Crippen molar-refractivity contribution in [1.29, 1.82) is 0 Å². The minimum Gasteiger partial charge on any atom is -0.497 e. The van der Waals surface area contributed by atoms with E-state index >= 15 is 0 Å². The van der Waals surface area contributed by atoms with Crippen molar-refractivity contribution < 1.29 is 14.6 Å². The van der Waals surface area contributed by atoms with Crippen LogP contribution in [0.2, 0.25) is 0 Å². The van der Waals surface area contributed by atoms with Crippen LogP contribution in [0.25, 0.3) is 6.08 Å². The highest BCUT2D eigenvalue weighted by Gasteiger charge is 2.49. The highest BCUT2D eigenvalue weighted by atomic mass is 16.5. The first-order chi connectivity index (χ1) is 14.6. The molecule has 0 amide bonds. The smallest absolute Gasteiger partial charge is 0.123 e. The normalized spacial score (nSPS) is 27.0. The Morgan fingerprint density at radius 3 is 2.67 bits per heavy atom. The van der Waals surface area contributed by atoms with Crippen molar-refractivity contribution >= 4 is 6.08 Å². The molecule has 2 fully saturated rings. The van der Waals surface area contributed by atoms with Gasteiger partial charge in [0.1, 0.15) is 11.5 Å². The van der Waals surface area contributed by atoms with Gasteiger partial charge in [0.25, 0.3) is 0 Å². The zero-order valence-electron chi connectivity index (χ0n) is 18.1. The summed E-state index contributed by atoms with van der Waals surface area (Å²) in [4.78, 5) is 2.50. The summed E-state index contributed by atoms with van der Waals surface area (Å²) in [7, 11) is 3.42. The monoisotopic (exact) mass is 407 g/mol. The van der Waals surface area contributed by atoms with E-state index in [1.165, 1.54) is 12.0 Å². The molecule has 2 aliphatic rings. The van der Waals surface area contributed by atoms with Crippen LogP contribution in [0.15, 0.2) is 54.6 Å². The lowest BCUT2D eigenvalue weighted by molar-refractivity contribution is -0.122. The van der Waals surface area contributed by atoms with Crippen LogP contribution in [0, 0.1) is 5.92 Å². The zero-order valence-corrected chi connectivity index (χ0v) is 18.1. The number of ether oxygens (including phenoxy) is 2. The van der Waals surface area contributed by atoms with Crippen molar-refractivity contribution in [2.75, 3.05) is 27.3 Å². The molecule has 0 aromatic heterocycles. The summed E-state index contributed by atoms with van der Waals surface area (Å²) >= 11 is 0. The molecule has 1 heterocycles. The Balaban J connectivity index is 1.67. The molecule has 4 rings (SSSR count). The molecule has 0 bridgehead atoms. The Bertz CT molecular complexity index is 866. The average molecular weight is 408 g/mol. The first kappa shape index (κ1) is 21.0. The van der Waals surface area contributed by atoms with Gasteiger partial charge in [0.15, 0.2) is 0 Å². The molecule has 1 N–H and O–H groups in total. The predicted molar refractivity (Wildman–Crippen MR) is 121 cm³/mol. The van der Waals surface area contributed by atoms with Crippen molar-refractivity contribution in [3.63, 3.8) is 0 Å².